The molecule has 4 aromatic rings. The van der Waals surface area contributed by atoms with Crippen molar-refractivity contribution < 1.29 is 14.3 Å². The molecule has 0 bridgehead atoms. The number of H-pyrrole nitrogens is 1. The average Bonchev–Trinajstić information content (AvgIpc) is 3.47. The number of rotatable bonds is 8. The zero-order valence-electron chi connectivity index (χ0n) is 23.3. The Kier molecular flexibility index (Phi) is 8.16. The number of fused-ring (bicyclic) bond motifs is 1. The maximum atomic E-state index is 13.0. The Balaban J connectivity index is 1.11. The molecule has 3 N–H and O–H groups in total. The molecular weight excluding hydrogens is 530 g/mol. The first-order valence-electron chi connectivity index (χ1n) is 14.2. The van der Waals surface area contributed by atoms with Crippen molar-refractivity contribution in [3.8, 4) is 11.3 Å². The summed E-state index contributed by atoms with van der Waals surface area (Å²) in [5.74, 6) is -0.416. The molecule has 0 radical (unpaired) electrons. The highest BCUT2D eigenvalue weighted by atomic mass is 16.5. The quantitative estimate of drug-likeness (QED) is 0.272. The summed E-state index contributed by atoms with van der Waals surface area (Å²) in [4.78, 5) is 43.7. The third-order valence-electron chi connectivity index (χ3n) is 7.65. The summed E-state index contributed by atoms with van der Waals surface area (Å²) in [6.07, 6.45) is 9.40. The highest BCUT2D eigenvalue weighted by molar-refractivity contribution is 6.03. The summed E-state index contributed by atoms with van der Waals surface area (Å²) < 4.78 is 5.45. The summed E-state index contributed by atoms with van der Waals surface area (Å²) >= 11 is 0. The predicted molar refractivity (Wildman–Crippen MR) is 162 cm³/mol. The van der Waals surface area contributed by atoms with Crippen LogP contribution < -0.4 is 10.6 Å². The number of carbonyl (C=O) groups is 2. The van der Waals surface area contributed by atoms with Crippen LogP contribution in [0.25, 0.3) is 27.9 Å². The number of ether oxygens (including phenoxy) is 1. The first kappa shape index (κ1) is 27.5. The van der Waals surface area contributed by atoms with Crippen molar-refractivity contribution >= 4 is 34.1 Å². The number of nitrogens with one attached hydrogen (secondary N) is 3. The number of aromatic nitrogens is 4. The third-order valence-corrected chi connectivity index (χ3v) is 7.65. The van der Waals surface area contributed by atoms with Crippen LogP contribution in [0, 0.1) is 0 Å². The van der Waals surface area contributed by atoms with Crippen LogP contribution in [-0.2, 0) is 16.1 Å². The standard InChI is InChI=1S/C32H33N7O3/c1-2-29(40)36-25-4-3-13-39(19-25)18-21-9-12-33-28(16-21)32(41)37-24-7-5-22(6-8-24)27-17-26-30(23-10-14-42-15-11-23)34-20-35-31(26)38-27/h2,5-10,12,16-17,20,25H,1,3-4,11,13-15,18-19H2,(H,36,40)(H,37,41)(H,34,35,38). The highest BCUT2D eigenvalue weighted by Crippen LogP contribution is 2.30. The minimum absolute atomic E-state index is 0.0977. The van der Waals surface area contributed by atoms with Gasteiger partial charge in [-0.1, -0.05) is 24.8 Å². The van der Waals surface area contributed by atoms with Gasteiger partial charge < -0.3 is 20.4 Å². The highest BCUT2D eigenvalue weighted by Gasteiger charge is 2.21. The molecule has 2 aliphatic heterocycles. The van der Waals surface area contributed by atoms with E-state index in [2.05, 4.69) is 54.2 Å². The summed E-state index contributed by atoms with van der Waals surface area (Å²) in [7, 11) is 0. The number of hydrogen-bond acceptors (Lipinski definition) is 7. The second-order valence-electron chi connectivity index (χ2n) is 10.6. The number of benzene rings is 1. The molecule has 2 aliphatic rings. The van der Waals surface area contributed by atoms with E-state index in [-0.39, 0.29) is 17.9 Å². The zero-order valence-corrected chi connectivity index (χ0v) is 23.3. The molecule has 6 rings (SSSR count). The molecule has 1 unspecified atom stereocenters. The van der Waals surface area contributed by atoms with E-state index in [1.807, 2.05) is 36.4 Å². The molecule has 1 fully saturated rings. The maximum absolute atomic E-state index is 13.0. The molecule has 5 heterocycles. The van der Waals surface area contributed by atoms with Gasteiger partial charge in [0.15, 0.2) is 0 Å². The van der Waals surface area contributed by atoms with Crippen LogP contribution in [-0.4, -0.2) is 69.0 Å². The van der Waals surface area contributed by atoms with Gasteiger partial charge in [0.1, 0.15) is 17.7 Å². The van der Waals surface area contributed by atoms with E-state index in [0.717, 1.165) is 65.9 Å². The van der Waals surface area contributed by atoms with Gasteiger partial charge in [-0.3, -0.25) is 19.5 Å². The Morgan fingerprint density at radius 1 is 1.14 bits per heavy atom. The molecule has 1 atom stereocenters. The van der Waals surface area contributed by atoms with Crippen molar-refractivity contribution in [1.29, 1.82) is 0 Å². The second-order valence-corrected chi connectivity index (χ2v) is 10.6. The van der Waals surface area contributed by atoms with Crippen LogP contribution in [0.4, 0.5) is 5.69 Å². The average molecular weight is 564 g/mol. The summed E-state index contributed by atoms with van der Waals surface area (Å²) in [6.45, 7) is 7.20. The third kappa shape index (κ3) is 6.29. The van der Waals surface area contributed by atoms with Gasteiger partial charge in [-0.15, -0.1) is 0 Å². The van der Waals surface area contributed by atoms with Crippen LogP contribution in [0.5, 0.6) is 0 Å². The fraction of sp³-hybridized carbons (Fsp3) is 0.281. The van der Waals surface area contributed by atoms with Gasteiger partial charge in [-0.25, -0.2) is 9.97 Å². The van der Waals surface area contributed by atoms with Crippen molar-refractivity contribution in [1.82, 2.24) is 30.2 Å². The lowest BCUT2D eigenvalue weighted by atomic mass is 10.0. The number of aromatic amines is 1. The Labute approximate surface area is 243 Å². The molecular formula is C32H33N7O3. The van der Waals surface area contributed by atoms with E-state index in [9.17, 15) is 9.59 Å². The second kappa shape index (κ2) is 12.5. The minimum Gasteiger partial charge on any atom is -0.377 e. The molecule has 0 saturated carbocycles. The van der Waals surface area contributed by atoms with E-state index in [1.54, 1.807) is 12.5 Å². The van der Waals surface area contributed by atoms with E-state index >= 15 is 0 Å². The van der Waals surface area contributed by atoms with Gasteiger partial charge in [0.2, 0.25) is 5.91 Å². The normalized spacial score (nSPS) is 17.4. The van der Waals surface area contributed by atoms with Gasteiger partial charge in [-0.05, 0) is 78.9 Å². The van der Waals surface area contributed by atoms with Gasteiger partial charge in [0, 0.05) is 42.1 Å². The zero-order chi connectivity index (χ0) is 28.9. The van der Waals surface area contributed by atoms with Crippen LogP contribution in [0.1, 0.15) is 41.0 Å². The number of carbonyl (C=O) groups excluding carboxylic acids is 2. The molecule has 3 aromatic heterocycles. The molecule has 1 aromatic carbocycles. The van der Waals surface area contributed by atoms with Crippen molar-refractivity contribution in [2.45, 2.75) is 31.8 Å². The number of hydrogen-bond donors (Lipinski definition) is 3. The van der Waals surface area contributed by atoms with Crippen LogP contribution in [0.3, 0.4) is 0 Å². The van der Waals surface area contributed by atoms with Crippen LogP contribution in [0.15, 0.2) is 73.7 Å². The van der Waals surface area contributed by atoms with Crippen molar-refractivity contribution in [3.05, 3.63) is 90.7 Å². The van der Waals surface area contributed by atoms with Gasteiger partial charge >= 0.3 is 0 Å². The predicted octanol–water partition coefficient (Wildman–Crippen LogP) is 4.34. The Morgan fingerprint density at radius 2 is 2.02 bits per heavy atom. The van der Waals surface area contributed by atoms with Crippen molar-refractivity contribution in [3.63, 3.8) is 0 Å². The minimum atomic E-state index is -0.269. The van der Waals surface area contributed by atoms with Crippen LogP contribution >= 0.6 is 0 Å². The molecule has 10 heteroatoms. The van der Waals surface area contributed by atoms with Crippen molar-refractivity contribution in [2.24, 2.45) is 0 Å². The topological polar surface area (TPSA) is 125 Å². The molecule has 42 heavy (non-hydrogen) atoms. The Morgan fingerprint density at radius 3 is 2.83 bits per heavy atom. The van der Waals surface area contributed by atoms with E-state index in [0.29, 0.717) is 31.1 Å². The maximum Gasteiger partial charge on any atom is 0.274 e. The van der Waals surface area contributed by atoms with E-state index < -0.39 is 0 Å². The molecule has 0 spiro atoms. The molecule has 1 saturated heterocycles. The van der Waals surface area contributed by atoms with E-state index in [1.165, 1.54) is 11.6 Å². The lowest BCUT2D eigenvalue weighted by molar-refractivity contribution is -0.117. The summed E-state index contributed by atoms with van der Waals surface area (Å²) in [5, 5.41) is 6.92. The van der Waals surface area contributed by atoms with Gasteiger partial charge in [0.25, 0.3) is 5.91 Å². The van der Waals surface area contributed by atoms with Crippen molar-refractivity contribution in [2.75, 3.05) is 31.6 Å². The monoisotopic (exact) mass is 563 g/mol. The molecule has 10 nitrogen and oxygen atoms in total. The number of anilines is 1. The number of piperidine rings is 1. The SMILES string of the molecule is C=CC(=O)NC1CCCN(Cc2ccnc(C(=O)Nc3ccc(-c4cc5c(C6=CCOCC6)ncnc5[nH]4)cc3)c2)C1. The number of pyridine rings is 1. The lowest BCUT2D eigenvalue weighted by Gasteiger charge is -2.33. The smallest absolute Gasteiger partial charge is 0.274 e. The Hall–Kier alpha value is -4.67. The fourth-order valence-corrected chi connectivity index (χ4v) is 5.55. The largest absolute Gasteiger partial charge is 0.377 e. The fourth-order valence-electron chi connectivity index (χ4n) is 5.55. The lowest BCUT2D eigenvalue weighted by Crippen LogP contribution is -2.46. The van der Waals surface area contributed by atoms with Gasteiger partial charge in [-0.2, -0.15) is 0 Å². The first-order valence-corrected chi connectivity index (χ1v) is 14.2. The number of nitrogens with zero attached hydrogens (tertiary/aromatic N) is 4. The van der Waals surface area contributed by atoms with Gasteiger partial charge in [0.05, 0.1) is 18.9 Å². The number of amides is 2. The molecule has 214 valence electrons. The first-order chi connectivity index (χ1) is 20.6. The van der Waals surface area contributed by atoms with Crippen LogP contribution in [0.2, 0.25) is 0 Å². The Bertz CT molecular complexity index is 1640. The molecule has 2 amide bonds. The number of likely N-dealkylation sites (tertiary alicyclic amines) is 1. The summed E-state index contributed by atoms with van der Waals surface area (Å²) in [5.41, 5.74) is 6.83. The molecule has 0 aliphatic carbocycles. The summed E-state index contributed by atoms with van der Waals surface area (Å²) in [6, 6.07) is 13.6. The van der Waals surface area contributed by atoms with E-state index in [4.69, 9.17) is 4.74 Å².